The normalized spacial score (nSPS) is 9.93. The van der Waals surface area contributed by atoms with Crippen molar-refractivity contribution in [1.29, 1.82) is 0 Å². The number of Topliss-reactive ketones (excluding diaryl/α,β-unsaturated/α-hetero) is 1. The van der Waals surface area contributed by atoms with E-state index in [0.29, 0.717) is 6.42 Å². The van der Waals surface area contributed by atoms with Crippen LogP contribution in [0.5, 0.6) is 0 Å². The van der Waals surface area contributed by atoms with Crippen LogP contribution in [-0.2, 0) is 0 Å². The SMILES string of the molecule is CCCCC(=O)c1ccccc1[N+](=O)[O-]. The van der Waals surface area contributed by atoms with E-state index in [4.69, 9.17) is 0 Å². The zero-order chi connectivity index (χ0) is 11.3. The zero-order valence-corrected chi connectivity index (χ0v) is 8.60. The quantitative estimate of drug-likeness (QED) is 0.423. The van der Waals surface area contributed by atoms with Crippen molar-refractivity contribution < 1.29 is 9.72 Å². The largest absolute Gasteiger partial charge is 0.294 e. The van der Waals surface area contributed by atoms with Gasteiger partial charge in [-0.25, -0.2) is 0 Å². The zero-order valence-electron chi connectivity index (χ0n) is 8.60. The van der Waals surface area contributed by atoms with Crippen molar-refractivity contribution >= 4 is 11.5 Å². The standard InChI is InChI=1S/C11H13NO3/c1-2-3-8-11(13)9-6-4-5-7-10(9)12(14)15/h4-7H,2-3,8H2,1H3. The van der Waals surface area contributed by atoms with Crippen molar-refractivity contribution in [3.05, 3.63) is 39.9 Å². The van der Waals surface area contributed by atoms with Gasteiger partial charge in [0.2, 0.25) is 0 Å². The Morgan fingerprint density at radius 2 is 2.07 bits per heavy atom. The molecule has 0 aromatic heterocycles. The molecule has 0 N–H and O–H groups in total. The Hall–Kier alpha value is -1.71. The summed E-state index contributed by atoms with van der Waals surface area (Å²) in [5.74, 6) is -0.149. The monoisotopic (exact) mass is 207 g/mol. The van der Waals surface area contributed by atoms with Gasteiger partial charge in [-0.2, -0.15) is 0 Å². The summed E-state index contributed by atoms with van der Waals surface area (Å²) >= 11 is 0. The first kappa shape index (κ1) is 11.4. The average Bonchev–Trinajstić information content (AvgIpc) is 2.25. The highest BCUT2D eigenvalue weighted by atomic mass is 16.6. The molecule has 0 atom stereocenters. The number of carbonyl (C=O) groups is 1. The Morgan fingerprint density at radius 3 is 2.67 bits per heavy atom. The average molecular weight is 207 g/mol. The van der Waals surface area contributed by atoms with Gasteiger partial charge in [0.15, 0.2) is 5.78 Å². The fourth-order valence-corrected chi connectivity index (χ4v) is 1.34. The van der Waals surface area contributed by atoms with Crippen LogP contribution in [0, 0.1) is 10.1 Å². The maximum Gasteiger partial charge on any atom is 0.280 e. The molecule has 80 valence electrons. The summed E-state index contributed by atoms with van der Waals surface area (Å²) in [6, 6.07) is 6.08. The molecule has 0 heterocycles. The van der Waals surface area contributed by atoms with Gasteiger partial charge < -0.3 is 0 Å². The minimum Gasteiger partial charge on any atom is -0.294 e. The van der Waals surface area contributed by atoms with Gasteiger partial charge in [0, 0.05) is 12.5 Å². The first-order valence-corrected chi connectivity index (χ1v) is 4.93. The number of nitro benzene ring substituents is 1. The summed E-state index contributed by atoms with van der Waals surface area (Å²) in [6.07, 6.45) is 2.05. The smallest absolute Gasteiger partial charge is 0.280 e. The van der Waals surface area contributed by atoms with E-state index in [1.165, 1.54) is 12.1 Å². The van der Waals surface area contributed by atoms with E-state index in [9.17, 15) is 14.9 Å². The second-order valence-corrected chi connectivity index (χ2v) is 3.30. The van der Waals surface area contributed by atoms with Crippen LogP contribution in [0.15, 0.2) is 24.3 Å². The maximum absolute atomic E-state index is 11.6. The molecule has 0 radical (unpaired) electrons. The summed E-state index contributed by atoms with van der Waals surface area (Å²) in [5, 5.41) is 10.7. The van der Waals surface area contributed by atoms with Gasteiger partial charge in [-0.1, -0.05) is 25.5 Å². The molecular formula is C11H13NO3. The van der Waals surface area contributed by atoms with E-state index in [1.54, 1.807) is 12.1 Å². The lowest BCUT2D eigenvalue weighted by Gasteiger charge is -2.00. The summed E-state index contributed by atoms with van der Waals surface area (Å²) in [7, 11) is 0. The van der Waals surface area contributed by atoms with Crippen molar-refractivity contribution in [2.75, 3.05) is 0 Å². The van der Waals surface area contributed by atoms with E-state index in [-0.39, 0.29) is 17.0 Å². The molecular weight excluding hydrogens is 194 g/mol. The summed E-state index contributed by atoms with van der Waals surface area (Å²) in [5.41, 5.74) is 0.120. The lowest BCUT2D eigenvalue weighted by atomic mass is 10.0. The number of carbonyl (C=O) groups excluding carboxylic acids is 1. The molecule has 0 unspecified atom stereocenters. The number of para-hydroxylation sites is 1. The number of ketones is 1. The van der Waals surface area contributed by atoms with Crippen LogP contribution < -0.4 is 0 Å². The lowest BCUT2D eigenvalue weighted by Crippen LogP contribution is -2.03. The molecule has 1 aromatic carbocycles. The van der Waals surface area contributed by atoms with Crippen LogP contribution in [0.1, 0.15) is 36.5 Å². The minimum absolute atomic E-state index is 0.0985. The number of rotatable bonds is 5. The molecule has 0 saturated heterocycles. The Labute approximate surface area is 88.1 Å². The summed E-state index contributed by atoms with van der Waals surface area (Å²) < 4.78 is 0. The molecule has 4 heteroatoms. The van der Waals surface area contributed by atoms with Crippen LogP contribution in [0.4, 0.5) is 5.69 Å². The first-order chi connectivity index (χ1) is 7.16. The third-order valence-electron chi connectivity index (χ3n) is 2.16. The van der Waals surface area contributed by atoms with E-state index in [1.807, 2.05) is 6.92 Å². The van der Waals surface area contributed by atoms with Gasteiger partial charge in [-0.15, -0.1) is 0 Å². The molecule has 1 aromatic rings. The number of unbranched alkanes of at least 4 members (excludes halogenated alkanes) is 1. The van der Waals surface area contributed by atoms with Crippen LogP contribution >= 0.6 is 0 Å². The van der Waals surface area contributed by atoms with Gasteiger partial charge in [0.25, 0.3) is 5.69 Å². The van der Waals surface area contributed by atoms with E-state index in [0.717, 1.165) is 12.8 Å². The second kappa shape index (κ2) is 5.24. The van der Waals surface area contributed by atoms with Crippen LogP contribution in [0.3, 0.4) is 0 Å². The lowest BCUT2D eigenvalue weighted by molar-refractivity contribution is -0.385. The molecule has 0 bridgehead atoms. The van der Waals surface area contributed by atoms with Crippen molar-refractivity contribution in [2.45, 2.75) is 26.2 Å². The van der Waals surface area contributed by atoms with Gasteiger partial charge in [0.05, 0.1) is 10.5 Å². The Bertz CT molecular complexity index is 374. The second-order valence-electron chi connectivity index (χ2n) is 3.30. The van der Waals surface area contributed by atoms with Crippen LogP contribution in [0.2, 0.25) is 0 Å². The number of nitro groups is 1. The first-order valence-electron chi connectivity index (χ1n) is 4.93. The fourth-order valence-electron chi connectivity index (χ4n) is 1.34. The predicted molar refractivity (Wildman–Crippen MR) is 57.0 cm³/mol. The summed E-state index contributed by atoms with van der Waals surface area (Å²) in [6.45, 7) is 1.98. The molecule has 0 aliphatic rings. The molecule has 15 heavy (non-hydrogen) atoms. The highest BCUT2D eigenvalue weighted by Crippen LogP contribution is 2.19. The minimum atomic E-state index is -0.515. The van der Waals surface area contributed by atoms with Gasteiger partial charge in [-0.3, -0.25) is 14.9 Å². The van der Waals surface area contributed by atoms with Crippen LogP contribution in [0.25, 0.3) is 0 Å². The number of hydrogen-bond acceptors (Lipinski definition) is 3. The highest BCUT2D eigenvalue weighted by Gasteiger charge is 2.17. The molecule has 4 nitrogen and oxygen atoms in total. The number of hydrogen-bond donors (Lipinski definition) is 0. The third kappa shape index (κ3) is 2.87. The van der Waals surface area contributed by atoms with E-state index >= 15 is 0 Å². The molecule has 0 aliphatic heterocycles. The molecule has 0 fully saturated rings. The summed E-state index contributed by atoms with van der Waals surface area (Å²) in [4.78, 5) is 21.8. The molecule has 0 spiro atoms. The topological polar surface area (TPSA) is 60.2 Å². The van der Waals surface area contributed by atoms with Gasteiger partial charge in [-0.05, 0) is 12.5 Å². The Kier molecular flexibility index (Phi) is 3.97. The van der Waals surface area contributed by atoms with E-state index in [2.05, 4.69) is 0 Å². The van der Waals surface area contributed by atoms with Gasteiger partial charge in [0.1, 0.15) is 0 Å². The van der Waals surface area contributed by atoms with Crippen LogP contribution in [-0.4, -0.2) is 10.7 Å². The van der Waals surface area contributed by atoms with Crippen molar-refractivity contribution in [2.24, 2.45) is 0 Å². The number of nitrogens with zero attached hydrogens (tertiary/aromatic N) is 1. The highest BCUT2D eigenvalue weighted by molar-refractivity contribution is 5.99. The Balaban J connectivity index is 2.92. The Morgan fingerprint density at radius 1 is 1.40 bits per heavy atom. The molecule has 0 aliphatic carbocycles. The molecule has 1 rings (SSSR count). The maximum atomic E-state index is 11.6. The third-order valence-corrected chi connectivity index (χ3v) is 2.16. The predicted octanol–water partition coefficient (Wildman–Crippen LogP) is 2.97. The molecule has 0 saturated carbocycles. The van der Waals surface area contributed by atoms with Crippen molar-refractivity contribution in [1.82, 2.24) is 0 Å². The molecule has 0 amide bonds. The van der Waals surface area contributed by atoms with E-state index < -0.39 is 4.92 Å². The fraction of sp³-hybridized carbons (Fsp3) is 0.364. The van der Waals surface area contributed by atoms with Crippen molar-refractivity contribution in [3.8, 4) is 0 Å². The van der Waals surface area contributed by atoms with Crippen molar-refractivity contribution in [3.63, 3.8) is 0 Å². The van der Waals surface area contributed by atoms with Gasteiger partial charge >= 0.3 is 0 Å². The number of benzene rings is 1.